The second kappa shape index (κ2) is 6.43. The van der Waals surface area contributed by atoms with Crippen LogP contribution in [0.3, 0.4) is 0 Å². The van der Waals surface area contributed by atoms with Crippen molar-refractivity contribution in [3.05, 3.63) is 0 Å². The molecule has 0 bridgehead atoms. The highest BCUT2D eigenvalue weighted by Crippen LogP contribution is 2.24. The van der Waals surface area contributed by atoms with E-state index in [1.54, 1.807) is 13.8 Å². The monoisotopic (exact) mass is 286 g/mol. The van der Waals surface area contributed by atoms with E-state index in [-0.39, 0.29) is 24.2 Å². The zero-order valence-corrected chi connectivity index (χ0v) is 12.8. The first-order valence-electron chi connectivity index (χ1n) is 7.10. The molecule has 1 heterocycles. The van der Waals surface area contributed by atoms with Crippen molar-refractivity contribution >= 4 is 12.0 Å². The maximum absolute atomic E-state index is 11.9. The molecule has 2 unspecified atom stereocenters. The lowest BCUT2D eigenvalue weighted by molar-refractivity contribution is -0.147. The average Bonchev–Trinajstić information content (AvgIpc) is 2.34. The minimum atomic E-state index is -0.924. The van der Waals surface area contributed by atoms with Crippen LogP contribution in [0.25, 0.3) is 0 Å². The number of carbonyl (C=O) groups excluding carboxylic acids is 1. The van der Waals surface area contributed by atoms with Gasteiger partial charge in [0.25, 0.3) is 0 Å². The Labute approximate surface area is 120 Å². The molecule has 1 rings (SSSR count). The van der Waals surface area contributed by atoms with E-state index in [1.807, 2.05) is 13.8 Å². The summed E-state index contributed by atoms with van der Waals surface area (Å²) < 4.78 is 5.59. The molecule has 1 aliphatic rings. The molecule has 0 aromatic carbocycles. The predicted molar refractivity (Wildman–Crippen MR) is 75.6 cm³/mol. The van der Waals surface area contributed by atoms with E-state index in [2.05, 4.69) is 10.6 Å². The third-order valence-corrected chi connectivity index (χ3v) is 3.97. The molecule has 0 aromatic heterocycles. The lowest BCUT2D eigenvalue weighted by Gasteiger charge is -2.36. The van der Waals surface area contributed by atoms with Crippen LogP contribution in [0.2, 0.25) is 0 Å². The Kier molecular flexibility index (Phi) is 5.39. The SMILES string of the molecule is CCC(C)(CNC(=O)NC1CCOC(C)(C)C1)C(=O)O. The van der Waals surface area contributed by atoms with Crippen LogP contribution in [-0.2, 0) is 9.53 Å². The van der Waals surface area contributed by atoms with Crippen molar-refractivity contribution < 1.29 is 19.4 Å². The van der Waals surface area contributed by atoms with Gasteiger partial charge in [0, 0.05) is 19.2 Å². The Morgan fingerprint density at radius 3 is 2.60 bits per heavy atom. The largest absolute Gasteiger partial charge is 0.481 e. The quantitative estimate of drug-likeness (QED) is 0.718. The summed E-state index contributed by atoms with van der Waals surface area (Å²) in [5.74, 6) is -0.896. The number of hydrogen-bond donors (Lipinski definition) is 3. The summed E-state index contributed by atoms with van der Waals surface area (Å²) in [5, 5.41) is 14.7. The molecule has 6 nitrogen and oxygen atoms in total. The topological polar surface area (TPSA) is 87.7 Å². The van der Waals surface area contributed by atoms with Gasteiger partial charge in [0.2, 0.25) is 0 Å². The third-order valence-electron chi connectivity index (χ3n) is 3.97. The molecular formula is C14H26N2O4. The van der Waals surface area contributed by atoms with Crippen LogP contribution in [0.4, 0.5) is 4.79 Å². The van der Waals surface area contributed by atoms with Crippen LogP contribution in [-0.4, -0.2) is 41.9 Å². The van der Waals surface area contributed by atoms with Crippen LogP contribution < -0.4 is 10.6 Å². The highest BCUT2D eigenvalue weighted by Gasteiger charge is 2.33. The highest BCUT2D eigenvalue weighted by atomic mass is 16.5. The number of amides is 2. The summed E-state index contributed by atoms with van der Waals surface area (Å²) in [6.45, 7) is 8.17. The molecule has 2 atom stereocenters. The lowest BCUT2D eigenvalue weighted by Crippen LogP contribution is -2.51. The van der Waals surface area contributed by atoms with Gasteiger partial charge in [-0.15, -0.1) is 0 Å². The van der Waals surface area contributed by atoms with E-state index in [1.165, 1.54) is 0 Å². The Morgan fingerprint density at radius 2 is 2.10 bits per heavy atom. The van der Waals surface area contributed by atoms with E-state index in [4.69, 9.17) is 9.84 Å². The molecule has 6 heteroatoms. The van der Waals surface area contributed by atoms with Crippen LogP contribution >= 0.6 is 0 Å². The number of hydrogen-bond acceptors (Lipinski definition) is 3. The molecular weight excluding hydrogens is 260 g/mol. The van der Waals surface area contributed by atoms with Crippen LogP contribution in [0.15, 0.2) is 0 Å². The molecule has 0 aromatic rings. The zero-order chi connectivity index (χ0) is 15.4. The summed E-state index contributed by atoms with van der Waals surface area (Å²) in [6.07, 6.45) is 2.00. The smallest absolute Gasteiger partial charge is 0.315 e. The number of nitrogens with one attached hydrogen (secondary N) is 2. The molecule has 2 amide bonds. The van der Waals surface area contributed by atoms with Gasteiger partial charge in [0.15, 0.2) is 0 Å². The first-order valence-corrected chi connectivity index (χ1v) is 7.10. The van der Waals surface area contributed by atoms with E-state index >= 15 is 0 Å². The van der Waals surface area contributed by atoms with Gasteiger partial charge in [0.05, 0.1) is 11.0 Å². The molecule has 116 valence electrons. The van der Waals surface area contributed by atoms with Gasteiger partial charge in [-0.25, -0.2) is 4.79 Å². The first kappa shape index (κ1) is 16.8. The van der Waals surface area contributed by atoms with Gasteiger partial charge < -0.3 is 20.5 Å². The molecule has 0 radical (unpaired) electrons. The Hall–Kier alpha value is -1.30. The van der Waals surface area contributed by atoms with Crippen molar-refractivity contribution in [2.45, 2.75) is 58.6 Å². The fourth-order valence-electron chi connectivity index (χ4n) is 2.22. The molecule has 20 heavy (non-hydrogen) atoms. The third kappa shape index (κ3) is 4.67. The predicted octanol–water partition coefficient (Wildman–Crippen LogP) is 1.74. The van der Waals surface area contributed by atoms with Crippen molar-refractivity contribution in [1.29, 1.82) is 0 Å². The van der Waals surface area contributed by atoms with Crippen LogP contribution in [0.1, 0.15) is 47.0 Å². The summed E-state index contributed by atoms with van der Waals surface area (Å²) in [5.41, 5.74) is -1.15. The van der Waals surface area contributed by atoms with Crippen molar-refractivity contribution in [2.24, 2.45) is 5.41 Å². The van der Waals surface area contributed by atoms with Gasteiger partial charge >= 0.3 is 12.0 Å². The fraction of sp³-hybridized carbons (Fsp3) is 0.857. The van der Waals surface area contributed by atoms with Gasteiger partial charge in [-0.2, -0.15) is 0 Å². The molecule has 1 saturated heterocycles. The fourth-order valence-corrected chi connectivity index (χ4v) is 2.22. The van der Waals surface area contributed by atoms with E-state index in [9.17, 15) is 9.59 Å². The maximum atomic E-state index is 11.9. The van der Waals surface area contributed by atoms with E-state index < -0.39 is 11.4 Å². The second-order valence-corrected chi connectivity index (χ2v) is 6.34. The summed E-state index contributed by atoms with van der Waals surface area (Å²) >= 11 is 0. The number of rotatable bonds is 5. The number of ether oxygens (including phenoxy) is 1. The minimum absolute atomic E-state index is 0.0662. The van der Waals surface area contributed by atoms with Gasteiger partial charge in [-0.05, 0) is 40.0 Å². The lowest BCUT2D eigenvalue weighted by atomic mass is 9.88. The number of carboxylic acids is 1. The Morgan fingerprint density at radius 1 is 1.45 bits per heavy atom. The standard InChI is InChI=1S/C14H26N2O4/c1-5-14(4,11(17)18)9-15-12(19)16-10-6-7-20-13(2,3)8-10/h10H,5-9H2,1-4H3,(H,17,18)(H2,15,16,19). The van der Waals surface area contributed by atoms with Crippen molar-refractivity contribution in [3.63, 3.8) is 0 Å². The van der Waals surface area contributed by atoms with E-state index in [0.29, 0.717) is 13.0 Å². The normalized spacial score (nSPS) is 24.5. The van der Waals surface area contributed by atoms with Crippen molar-refractivity contribution in [2.75, 3.05) is 13.2 Å². The minimum Gasteiger partial charge on any atom is -0.481 e. The molecule has 0 spiro atoms. The highest BCUT2D eigenvalue weighted by molar-refractivity contribution is 5.77. The zero-order valence-electron chi connectivity index (χ0n) is 12.8. The van der Waals surface area contributed by atoms with Gasteiger partial charge in [0.1, 0.15) is 0 Å². The summed E-state index contributed by atoms with van der Waals surface area (Å²) in [6, 6.07) is -0.245. The molecule has 0 saturated carbocycles. The number of aliphatic carboxylic acids is 1. The van der Waals surface area contributed by atoms with Crippen LogP contribution in [0.5, 0.6) is 0 Å². The van der Waals surface area contributed by atoms with E-state index in [0.717, 1.165) is 12.8 Å². The van der Waals surface area contributed by atoms with Gasteiger partial charge in [-0.3, -0.25) is 4.79 Å². The van der Waals surface area contributed by atoms with Gasteiger partial charge in [-0.1, -0.05) is 6.92 Å². The molecule has 1 fully saturated rings. The molecule has 3 N–H and O–H groups in total. The maximum Gasteiger partial charge on any atom is 0.315 e. The number of carboxylic acid groups (broad SMARTS) is 1. The number of carbonyl (C=O) groups is 2. The summed E-state index contributed by atoms with van der Waals surface area (Å²) in [7, 11) is 0. The Balaban J connectivity index is 2.42. The first-order chi connectivity index (χ1) is 9.18. The second-order valence-electron chi connectivity index (χ2n) is 6.34. The Bertz CT molecular complexity index is 370. The summed E-state index contributed by atoms with van der Waals surface area (Å²) in [4.78, 5) is 23.0. The average molecular weight is 286 g/mol. The van der Waals surface area contributed by atoms with Crippen molar-refractivity contribution in [1.82, 2.24) is 10.6 Å². The number of urea groups is 1. The van der Waals surface area contributed by atoms with Crippen LogP contribution in [0, 0.1) is 5.41 Å². The van der Waals surface area contributed by atoms with Crippen molar-refractivity contribution in [3.8, 4) is 0 Å². The molecule has 1 aliphatic heterocycles. The molecule has 0 aliphatic carbocycles.